The molecule has 0 N–H and O–H groups in total. The van der Waals surface area contributed by atoms with Crippen LogP contribution >= 0.6 is 0 Å². The molecule has 3 aromatic rings. The fourth-order valence-electron chi connectivity index (χ4n) is 2.67. The third-order valence-corrected chi connectivity index (χ3v) is 3.86. The zero-order valence-electron chi connectivity index (χ0n) is 13.9. The Morgan fingerprint density at radius 1 is 1.00 bits per heavy atom. The summed E-state index contributed by atoms with van der Waals surface area (Å²) in [7, 11) is 0. The number of nitrogens with zero attached hydrogens (tertiary/aromatic N) is 2. The van der Waals surface area contributed by atoms with E-state index in [1.165, 1.54) is 0 Å². The molecule has 0 spiro atoms. The van der Waals surface area contributed by atoms with E-state index in [2.05, 4.69) is 4.98 Å². The van der Waals surface area contributed by atoms with E-state index in [1.54, 1.807) is 11.8 Å². The third-order valence-electron chi connectivity index (χ3n) is 3.86. The molecule has 0 unspecified atom stereocenters. The predicted octanol–water partition coefficient (Wildman–Crippen LogP) is 4.07. The number of aryl methyl sites for hydroxylation is 2. The van der Waals surface area contributed by atoms with E-state index in [4.69, 9.17) is 4.42 Å². The van der Waals surface area contributed by atoms with Crippen LogP contribution in [-0.2, 0) is 17.8 Å². The lowest BCUT2D eigenvalue weighted by Gasteiger charge is -2.23. The Bertz CT molecular complexity index is 810. The summed E-state index contributed by atoms with van der Waals surface area (Å²) in [6, 6.07) is 19.7. The summed E-state index contributed by atoms with van der Waals surface area (Å²) in [6.45, 7) is 4.18. The van der Waals surface area contributed by atoms with Gasteiger partial charge in [0.05, 0.1) is 18.7 Å². The molecule has 0 aliphatic carbocycles. The molecule has 1 heterocycles. The number of oxazole rings is 1. The molecule has 0 fully saturated rings. The molecular formula is C20H20N2O2. The first-order valence-corrected chi connectivity index (χ1v) is 7.96. The van der Waals surface area contributed by atoms with Crippen molar-refractivity contribution in [2.75, 3.05) is 4.90 Å². The maximum Gasteiger partial charge on any atom is 0.234 e. The minimum atomic E-state index is -0.00990. The van der Waals surface area contributed by atoms with Gasteiger partial charge in [-0.05, 0) is 24.6 Å². The minimum absolute atomic E-state index is 0.00990. The van der Waals surface area contributed by atoms with E-state index in [1.807, 2.05) is 67.6 Å². The number of carbonyl (C=O) groups excluding carboxylic acids is 1. The van der Waals surface area contributed by atoms with Crippen molar-refractivity contribution >= 4 is 11.6 Å². The molecule has 4 heteroatoms. The molecule has 2 aromatic carbocycles. The zero-order valence-corrected chi connectivity index (χ0v) is 13.9. The summed E-state index contributed by atoms with van der Waals surface area (Å²) in [4.78, 5) is 18.9. The molecule has 3 rings (SSSR count). The normalized spacial score (nSPS) is 10.6. The molecule has 1 aromatic heterocycles. The first-order chi connectivity index (χ1) is 11.6. The van der Waals surface area contributed by atoms with Gasteiger partial charge in [0.15, 0.2) is 5.89 Å². The van der Waals surface area contributed by atoms with Gasteiger partial charge in [-0.15, -0.1) is 0 Å². The maximum absolute atomic E-state index is 12.9. The van der Waals surface area contributed by atoms with Gasteiger partial charge >= 0.3 is 0 Å². The van der Waals surface area contributed by atoms with Gasteiger partial charge in [-0.2, -0.15) is 0 Å². The molecule has 122 valence electrons. The van der Waals surface area contributed by atoms with Crippen molar-refractivity contribution in [3.63, 3.8) is 0 Å². The highest BCUT2D eigenvalue weighted by molar-refractivity contribution is 5.94. The molecule has 0 saturated heterocycles. The second kappa shape index (κ2) is 7.13. The van der Waals surface area contributed by atoms with Gasteiger partial charge in [0.2, 0.25) is 5.91 Å². The van der Waals surface area contributed by atoms with Gasteiger partial charge in [-0.3, -0.25) is 4.79 Å². The fraction of sp³-hybridized carbons (Fsp3) is 0.200. The molecule has 0 saturated carbocycles. The minimum Gasteiger partial charge on any atom is -0.445 e. The monoisotopic (exact) mass is 320 g/mol. The molecule has 0 aliphatic heterocycles. The average molecular weight is 320 g/mol. The largest absolute Gasteiger partial charge is 0.445 e. The quantitative estimate of drug-likeness (QED) is 0.712. The molecular weight excluding hydrogens is 300 g/mol. The highest BCUT2D eigenvalue weighted by atomic mass is 16.4. The SMILES string of the molecule is Cc1nc(C)c(CC(=O)N(Cc2ccccc2)c2ccccc2)o1. The highest BCUT2D eigenvalue weighted by Gasteiger charge is 2.20. The van der Waals surface area contributed by atoms with Gasteiger partial charge in [0.1, 0.15) is 5.76 Å². The van der Waals surface area contributed by atoms with Gasteiger partial charge in [-0.25, -0.2) is 4.98 Å². The Labute approximate surface area is 141 Å². The Kier molecular flexibility index (Phi) is 4.75. The summed E-state index contributed by atoms with van der Waals surface area (Å²) in [5, 5.41) is 0. The number of amides is 1. The molecule has 0 aliphatic rings. The lowest BCUT2D eigenvalue weighted by atomic mass is 10.1. The van der Waals surface area contributed by atoms with Crippen molar-refractivity contribution in [3.8, 4) is 0 Å². The second-order valence-corrected chi connectivity index (χ2v) is 5.72. The summed E-state index contributed by atoms with van der Waals surface area (Å²) >= 11 is 0. The van der Waals surface area contributed by atoms with E-state index in [9.17, 15) is 4.79 Å². The molecule has 0 bridgehead atoms. The number of anilines is 1. The van der Waals surface area contributed by atoms with Crippen molar-refractivity contribution in [3.05, 3.63) is 83.6 Å². The van der Waals surface area contributed by atoms with E-state index in [0.29, 0.717) is 18.2 Å². The summed E-state index contributed by atoms with van der Waals surface area (Å²) in [5.74, 6) is 1.21. The Morgan fingerprint density at radius 2 is 1.62 bits per heavy atom. The van der Waals surface area contributed by atoms with Crippen LogP contribution in [0.15, 0.2) is 65.1 Å². The Morgan fingerprint density at radius 3 is 2.21 bits per heavy atom. The number of benzene rings is 2. The van der Waals surface area contributed by atoms with Crippen LogP contribution in [0.5, 0.6) is 0 Å². The van der Waals surface area contributed by atoms with Crippen molar-refractivity contribution in [1.82, 2.24) is 4.98 Å². The average Bonchev–Trinajstić information content (AvgIpc) is 2.91. The van der Waals surface area contributed by atoms with Gasteiger partial charge < -0.3 is 9.32 Å². The number of carbonyl (C=O) groups is 1. The van der Waals surface area contributed by atoms with Crippen molar-refractivity contribution in [2.24, 2.45) is 0 Å². The summed E-state index contributed by atoms with van der Waals surface area (Å²) < 4.78 is 5.56. The van der Waals surface area contributed by atoms with Crippen molar-refractivity contribution < 1.29 is 9.21 Å². The van der Waals surface area contributed by atoms with E-state index >= 15 is 0 Å². The van der Waals surface area contributed by atoms with Crippen LogP contribution in [0.4, 0.5) is 5.69 Å². The first-order valence-electron chi connectivity index (χ1n) is 7.96. The van der Waals surface area contributed by atoms with Crippen LogP contribution in [0.2, 0.25) is 0 Å². The van der Waals surface area contributed by atoms with Crippen molar-refractivity contribution in [1.29, 1.82) is 0 Å². The van der Waals surface area contributed by atoms with Crippen molar-refractivity contribution in [2.45, 2.75) is 26.8 Å². The number of hydrogen-bond acceptors (Lipinski definition) is 3. The van der Waals surface area contributed by atoms with Crippen LogP contribution in [0, 0.1) is 13.8 Å². The standard InChI is InChI=1S/C20H20N2O2/c1-15-19(24-16(2)21-15)13-20(23)22(18-11-7-4-8-12-18)14-17-9-5-3-6-10-17/h3-12H,13-14H2,1-2H3. The Hall–Kier alpha value is -2.88. The van der Waals surface area contributed by atoms with Crippen LogP contribution in [0.1, 0.15) is 22.9 Å². The smallest absolute Gasteiger partial charge is 0.234 e. The maximum atomic E-state index is 12.9. The van der Waals surface area contributed by atoms with Gasteiger partial charge in [0, 0.05) is 12.6 Å². The summed E-state index contributed by atoms with van der Waals surface area (Å²) in [6.07, 6.45) is 0.203. The van der Waals surface area contributed by atoms with Crippen LogP contribution in [0.3, 0.4) is 0 Å². The van der Waals surface area contributed by atoms with Crippen LogP contribution in [0.25, 0.3) is 0 Å². The number of hydrogen-bond donors (Lipinski definition) is 0. The van der Waals surface area contributed by atoms with Crippen LogP contribution in [-0.4, -0.2) is 10.9 Å². The second-order valence-electron chi connectivity index (χ2n) is 5.72. The molecule has 0 radical (unpaired) electrons. The fourth-order valence-corrected chi connectivity index (χ4v) is 2.67. The number of aromatic nitrogens is 1. The summed E-state index contributed by atoms with van der Waals surface area (Å²) in [5.41, 5.74) is 2.73. The molecule has 1 amide bonds. The molecule has 0 atom stereocenters. The van der Waals surface area contributed by atoms with E-state index < -0.39 is 0 Å². The third kappa shape index (κ3) is 3.71. The first kappa shape index (κ1) is 16.0. The number of para-hydroxylation sites is 1. The molecule has 4 nitrogen and oxygen atoms in total. The predicted molar refractivity (Wildman–Crippen MR) is 93.8 cm³/mol. The lowest BCUT2D eigenvalue weighted by molar-refractivity contribution is -0.118. The lowest BCUT2D eigenvalue weighted by Crippen LogP contribution is -2.31. The number of rotatable bonds is 5. The topological polar surface area (TPSA) is 46.3 Å². The van der Waals surface area contributed by atoms with E-state index in [0.717, 1.165) is 16.9 Å². The van der Waals surface area contributed by atoms with Crippen LogP contribution < -0.4 is 4.90 Å². The van der Waals surface area contributed by atoms with Gasteiger partial charge in [0.25, 0.3) is 0 Å². The zero-order chi connectivity index (χ0) is 16.9. The van der Waals surface area contributed by atoms with Gasteiger partial charge in [-0.1, -0.05) is 48.5 Å². The van der Waals surface area contributed by atoms with E-state index in [-0.39, 0.29) is 12.3 Å². The highest BCUT2D eigenvalue weighted by Crippen LogP contribution is 2.20. The molecule has 24 heavy (non-hydrogen) atoms. The Balaban J connectivity index is 1.86.